The monoisotopic (exact) mass is 311 g/mol. The second-order valence-corrected chi connectivity index (χ2v) is 4.68. The lowest BCUT2D eigenvalue weighted by Gasteiger charge is -2.16. The fraction of sp³-hybridized carbons (Fsp3) is 0.455. The highest BCUT2D eigenvalue weighted by Crippen LogP contribution is 2.38. The molecule has 0 aliphatic carbocycles. The number of ether oxygens (including phenoxy) is 1. The molecule has 0 saturated heterocycles. The summed E-state index contributed by atoms with van der Waals surface area (Å²) in [5.41, 5.74) is 5.34. The number of alkyl halides is 3. The van der Waals surface area contributed by atoms with Crippen molar-refractivity contribution in [2.45, 2.75) is 25.6 Å². The summed E-state index contributed by atoms with van der Waals surface area (Å²) < 4.78 is 43.1. The molecule has 1 aromatic carbocycles. The summed E-state index contributed by atoms with van der Waals surface area (Å²) in [5.74, 6) is 0.405. The van der Waals surface area contributed by atoms with Crippen molar-refractivity contribution in [2.75, 3.05) is 7.11 Å². The molecule has 0 aromatic heterocycles. The summed E-state index contributed by atoms with van der Waals surface area (Å²) in [5, 5.41) is 0. The lowest BCUT2D eigenvalue weighted by molar-refractivity contribution is -0.138. The summed E-state index contributed by atoms with van der Waals surface area (Å²) in [6.45, 7) is 1.73. The lowest BCUT2D eigenvalue weighted by atomic mass is 10.0. The van der Waals surface area contributed by atoms with Gasteiger partial charge in [0.05, 0.1) is 12.7 Å². The Balaban J connectivity index is 3.27. The van der Waals surface area contributed by atoms with Crippen LogP contribution in [0.3, 0.4) is 0 Å². The minimum Gasteiger partial charge on any atom is -0.496 e. The number of hydrogen-bond donors (Lipinski definition) is 1. The molecule has 0 fully saturated rings. The summed E-state index contributed by atoms with van der Waals surface area (Å²) in [6, 6.07) is 2.17. The van der Waals surface area contributed by atoms with E-state index >= 15 is 0 Å². The van der Waals surface area contributed by atoms with Crippen LogP contribution < -0.4 is 10.5 Å². The largest absolute Gasteiger partial charge is 0.496 e. The van der Waals surface area contributed by atoms with Crippen LogP contribution in [0, 0.1) is 0 Å². The van der Waals surface area contributed by atoms with Crippen LogP contribution in [0.15, 0.2) is 16.6 Å². The number of methoxy groups -OCH3 is 1. The smallest absolute Gasteiger partial charge is 0.417 e. The molecule has 0 radical (unpaired) electrons. The van der Waals surface area contributed by atoms with Gasteiger partial charge in [-0.2, -0.15) is 13.2 Å². The molecular weight excluding hydrogens is 299 g/mol. The van der Waals surface area contributed by atoms with Crippen LogP contribution in [-0.2, 0) is 12.6 Å². The fourth-order valence-corrected chi connectivity index (χ4v) is 2.06. The van der Waals surface area contributed by atoms with Crippen molar-refractivity contribution in [2.24, 2.45) is 5.73 Å². The molecule has 6 heteroatoms. The van der Waals surface area contributed by atoms with Gasteiger partial charge in [-0.15, -0.1) is 0 Å². The first-order valence-corrected chi connectivity index (χ1v) is 5.74. The van der Waals surface area contributed by atoms with Crippen molar-refractivity contribution in [1.29, 1.82) is 0 Å². The molecule has 0 aliphatic rings. The van der Waals surface area contributed by atoms with Gasteiger partial charge in [0.25, 0.3) is 0 Å². The van der Waals surface area contributed by atoms with Gasteiger partial charge in [-0.3, -0.25) is 0 Å². The number of benzene rings is 1. The van der Waals surface area contributed by atoms with Gasteiger partial charge in [-0.1, -0.05) is 15.9 Å². The first-order valence-electron chi connectivity index (χ1n) is 4.95. The van der Waals surface area contributed by atoms with E-state index < -0.39 is 11.7 Å². The average molecular weight is 312 g/mol. The van der Waals surface area contributed by atoms with Gasteiger partial charge < -0.3 is 10.5 Å². The molecule has 1 aromatic rings. The Kier molecular flexibility index (Phi) is 4.43. The zero-order valence-corrected chi connectivity index (χ0v) is 11.0. The molecule has 1 rings (SSSR count). The number of rotatable bonds is 3. The number of hydrogen-bond acceptors (Lipinski definition) is 2. The summed E-state index contributed by atoms with van der Waals surface area (Å²) in [6.07, 6.45) is -4.06. The molecule has 0 saturated carbocycles. The minimum atomic E-state index is -4.39. The predicted octanol–water partition coefficient (Wildman–Crippen LogP) is 3.37. The van der Waals surface area contributed by atoms with Gasteiger partial charge >= 0.3 is 6.18 Å². The molecule has 96 valence electrons. The van der Waals surface area contributed by atoms with E-state index in [0.717, 1.165) is 6.07 Å². The third-order valence-electron chi connectivity index (χ3n) is 2.22. The number of nitrogens with two attached hydrogens (primary N) is 1. The quantitative estimate of drug-likeness (QED) is 0.929. The van der Waals surface area contributed by atoms with Gasteiger partial charge in [-0.05, 0) is 31.0 Å². The lowest BCUT2D eigenvalue weighted by Crippen LogP contribution is -2.19. The van der Waals surface area contributed by atoms with Crippen molar-refractivity contribution in [3.8, 4) is 5.75 Å². The summed E-state index contributed by atoms with van der Waals surface area (Å²) in [7, 11) is 1.42. The Labute approximate surface area is 106 Å². The highest BCUT2D eigenvalue weighted by Gasteiger charge is 2.34. The third-order valence-corrected chi connectivity index (χ3v) is 2.87. The van der Waals surface area contributed by atoms with E-state index in [2.05, 4.69) is 15.9 Å². The van der Waals surface area contributed by atoms with E-state index in [-0.39, 0.29) is 10.5 Å². The molecule has 2 nitrogen and oxygen atoms in total. The van der Waals surface area contributed by atoms with E-state index in [1.54, 1.807) is 6.92 Å². The van der Waals surface area contributed by atoms with Crippen LogP contribution in [0.5, 0.6) is 5.75 Å². The maximum atomic E-state index is 12.7. The third kappa shape index (κ3) is 3.61. The Morgan fingerprint density at radius 1 is 1.41 bits per heavy atom. The van der Waals surface area contributed by atoms with Crippen molar-refractivity contribution < 1.29 is 17.9 Å². The molecular formula is C11H13BrF3NO. The van der Waals surface area contributed by atoms with Crippen LogP contribution in [0.2, 0.25) is 0 Å². The molecule has 0 aliphatic heterocycles. The Morgan fingerprint density at radius 3 is 2.41 bits per heavy atom. The van der Waals surface area contributed by atoms with E-state index in [1.165, 1.54) is 13.2 Å². The first-order chi connectivity index (χ1) is 7.75. The zero-order valence-electron chi connectivity index (χ0n) is 9.44. The van der Waals surface area contributed by atoms with Gasteiger partial charge in [0.15, 0.2) is 0 Å². The molecule has 1 unspecified atom stereocenters. The topological polar surface area (TPSA) is 35.2 Å². The highest BCUT2D eigenvalue weighted by molar-refractivity contribution is 9.10. The fourth-order valence-electron chi connectivity index (χ4n) is 1.51. The van der Waals surface area contributed by atoms with E-state index in [4.69, 9.17) is 10.5 Å². The molecule has 0 heterocycles. The Morgan fingerprint density at radius 2 is 2.00 bits per heavy atom. The van der Waals surface area contributed by atoms with Crippen LogP contribution >= 0.6 is 15.9 Å². The normalized spacial score (nSPS) is 13.6. The van der Waals surface area contributed by atoms with Gasteiger partial charge in [0, 0.05) is 10.5 Å². The second kappa shape index (κ2) is 5.27. The molecule has 2 N–H and O–H groups in total. The van der Waals surface area contributed by atoms with E-state index in [0.29, 0.717) is 17.7 Å². The van der Waals surface area contributed by atoms with Gasteiger partial charge in [0.2, 0.25) is 0 Å². The van der Waals surface area contributed by atoms with Crippen molar-refractivity contribution in [3.05, 3.63) is 27.7 Å². The van der Waals surface area contributed by atoms with Crippen LogP contribution in [0.1, 0.15) is 18.1 Å². The molecule has 17 heavy (non-hydrogen) atoms. The Hall–Kier alpha value is -0.750. The predicted molar refractivity (Wildman–Crippen MR) is 63.0 cm³/mol. The maximum Gasteiger partial charge on any atom is 0.417 e. The average Bonchev–Trinajstić information content (AvgIpc) is 2.17. The Bertz CT molecular complexity index is 404. The van der Waals surface area contributed by atoms with E-state index in [1.807, 2.05) is 0 Å². The number of halogens is 4. The zero-order chi connectivity index (χ0) is 13.2. The minimum absolute atomic E-state index is 0.0322. The van der Waals surface area contributed by atoms with Crippen molar-refractivity contribution in [1.82, 2.24) is 0 Å². The highest BCUT2D eigenvalue weighted by atomic mass is 79.9. The van der Waals surface area contributed by atoms with Gasteiger partial charge in [-0.25, -0.2) is 0 Å². The van der Waals surface area contributed by atoms with Crippen LogP contribution in [0.25, 0.3) is 0 Å². The van der Waals surface area contributed by atoms with Crippen molar-refractivity contribution in [3.63, 3.8) is 0 Å². The van der Waals surface area contributed by atoms with Gasteiger partial charge in [0.1, 0.15) is 5.75 Å². The molecule has 1 atom stereocenters. The summed E-state index contributed by atoms with van der Waals surface area (Å²) >= 11 is 2.89. The summed E-state index contributed by atoms with van der Waals surface area (Å²) in [4.78, 5) is 0. The second-order valence-electron chi connectivity index (χ2n) is 3.82. The van der Waals surface area contributed by atoms with Crippen LogP contribution in [-0.4, -0.2) is 13.2 Å². The van der Waals surface area contributed by atoms with Crippen LogP contribution in [0.4, 0.5) is 13.2 Å². The molecule has 0 amide bonds. The maximum absolute atomic E-state index is 12.7. The van der Waals surface area contributed by atoms with E-state index in [9.17, 15) is 13.2 Å². The SMILES string of the molecule is COc1cc(Br)c(C(F)(F)F)cc1CC(C)N. The first kappa shape index (κ1) is 14.3. The molecule has 0 bridgehead atoms. The standard InChI is InChI=1S/C11H13BrF3NO/c1-6(16)3-7-4-8(11(13,14)15)9(12)5-10(7)17-2/h4-6H,3,16H2,1-2H3. The van der Waals surface area contributed by atoms with Crippen molar-refractivity contribution >= 4 is 15.9 Å². The molecule has 0 spiro atoms.